The number of halogens is 3. The van der Waals surface area contributed by atoms with Gasteiger partial charge in [-0.15, -0.1) is 0 Å². The van der Waals surface area contributed by atoms with Crippen molar-refractivity contribution < 1.29 is 18.7 Å². The van der Waals surface area contributed by atoms with Crippen molar-refractivity contribution in [2.75, 3.05) is 6.61 Å². The molecule has 28 heavy (non-hydrogen) atoms. The molecule has 0 saturated carbocycles. The van der Waals surface area contributed by atoms with Crippen LogP contribution in [0.25, 0.3) is 22.2 Å². The monoisotopic (exact) mass is 406 g/mol. The molecule has 3 N–H and O–H groups in total. The Morgan fingerprint density at radius 1 is 1.25 bits per heavy atom. The van der Waals surface area contributed by atoms with Crippen molar-refractivity contribution in [3.63, 3.8) is 0 Å². The first-order valence-corrected chi connectivity index (χ1v) is 9.42. The van der Waals surface area contributed by atoms with E-state index in [1.165, 1.54) is 18.2 Å². The summed E-state index contributed by atoms with van der Waals surface area (Å²) in [4.78, 5) is 15.3. The highest BCUT2D eigenvalue weighted by molar-refractivity contribution is 6.31. The number of H-pyrrole nitrogens is 1. The van der Waals surface area contributed by atoms with Gasteiger partial charge < -0.3 is 15.4 Å². The Bertz CT molecular complexity index is 986. The third kappa shape index (κ3) is 4.51. The number of amides is 1. The number of aromatic amines is 1. The molecule has 1 atom stereocenters. The number of aliphatic hydroxyl groups excluding tert-OH is 1. The number of aliphatic hydroxyl groups is 1. The van der Waals surface area contributed by atoms with E-state index >= 15 is 0 Å². The Balaban J connectivity index is 1.95. The number of hydrogen-bond donors (Lipinski definition) is 3. The lowest BCUT2D eigenvalue weighted by atomic mass is 10.0. The first kappa shape index (κ1) is 20.3. The van der Waals surface area contributed by atoms with E-state index < -0.39 is 5.82 Å². The third-order valence-electron chi connectivity index (χ3n) is 4.64. The maximum atomic E-state index is 14.4. The molecule has 0 spiro atoms. The zero-order chi connectivity index (χ0) is 20.3. The number of nitrogens with one attached hydrogen (secondary N) is 2. The van der Waals surface area contributed by atoms with Crippen molar-refractivity contribution in [3.05, 3.63) is 58.6 Å². The van der Waals surface area contributed by atoms with Gasteiger partial charge >= 0.3 is 0 Å². The number of carbonyl (C=O) groups excluding carboxylic acids is 1. The average Bonchev–Trinajstić information content (AvgIpc) is 2.99. The van der Waals surface area contributed by atoms with Crippen molar-refractivity contribution in [2.24, 2.45) is 0 Å². The minimum atomic E-state index is -0.488. The number of benzene rings is 2. The Morgan fingerprint density at radius 3 is 2.64 bits per heavy atom. The molecule has 0 bridgehead atoms. The minimum absolute atomic E-state index is 0.00359. The number of aromatic nitrogens is 1. The topological polar surface area (TPSA) is 65.1 Å². The van der Waals surface area contributed by atoms with E-state index in [0.717, 1.165) is 5.56 Å². The van der Waals surface area contributed by atoms with E-state index in [1.807, 2.05) is 6.92 Å². The smallest absolute Gasteiger partial charge is 0.220 e. The summed E-state index contributed by atoms with van der Waals surface area (Å²) in [6.07, 6.45) is 1.01. The van der Waals surface area contributed by atoms with Crippen molar-refractivity contribution in [3.8, 4) is 11.3 Å². The molecule has 148 valence electrons. The van der Waals surface area contributed by atoms with Crippen LogP contribution in [0, 0.1) is 11.6 Å². The summed E-state index contributed by atoms with van der Waals surface area (Å²) in [5, 5.41) is 12.6. The van der Waals surface area contributed by atoms with Crippen LogP contribution in [0.1, 0.15) is 25.3 Å². The molecule has 0 aliphatic rings. The van der Waals surface area contributed by atoms with Gasteiger partial charge in [-0.1, -0.05) is 11.6 Å². The molecular formula is C21H21ClF2N2O2. The van der Waals surface area contributed by atoms with Gasteiger partial charge in [0.1, 0.15) is 11.6 Å². The van der Waals surface area contributed by atoms with Gasteiger partial charge in [-0.25, -0.2) is 8.78 Å². The standard InChI is InChI=1S/C21H21ClF2N2O2/c1-12(8-9-27)25-19(28)7-6-16-17-10-14(22)11-18(24)21(17)26-20(16)13-2-4-15(23)5-3-13/h2-5,10-12,26-27H,6-9H2,1H3,(H,25,28). The lowest BCUT2D eigenvalue weighted by molar-refractivity contribution is -0.121. The molecule has 0 radical (unpaired) electrons. The zero-order valence-electron chi connectivity index (χ0n) is 15.4. The molecule has 0 aliphatic carbocycles. The molecule has 3 aromatic rings. The predicted octanol–water partition coefficient (Wildman–Crippen LogP) is 4.59. The largest absolute Gasteiger partial charge is 0.396 e. The second kappa shape index (κ2) is 8.71. The Kier molecular flexibility index (Phi) is 6.31. The number of fused-ring (bicyclic) bond motifs is 1. The highest BCUT2D eigenvalue weighted by Crippen LogP contribution is 2.34. The van der Waals surface area contributed by atoms with Gasteiger partial charge in [0, 0.05) is 35.2 Å². The van der Waals surface area contributed by atoms with Crippen LogP contribution >= 0.6 is 11.6 Å². The fourth-order valence-corrected chi connectivity index (χ4v) is 3.45. The molecule has 1 heterocycles. The van der Waals surface area contributed by atoms with Crippen LogP contribution in [0.3, 0.4) is 0 Å². The van der Waals surface area contributed by atoms with Gasteiger partial charge in [-0.2, -0.15) is 0 Å². The van der Waals surface area contributed by atoms with Crippen LogP contribution in [-0.2, 0) is 11.2 Å². The van der Waals surface area contributed by atoms with Crippen molar-refractivity contribution in [2.45, 2.75) is 32.2 Å². The number of carbonyl (C=O) groups is 1. The molecule has 1 aromatic heterocycles. The second-order valence-electron chi connectivity index (χ2n) is 6.78. The van der Waals surface area contributed by atoms with Crippen LogP contribution in [-0.4, -0.2) is 28.6 Å². The van der Waals surface area contributed by atoms with Crippen LogP contribution < -0.4 is 5.32 Å². The molecule has 0 aliphatic heterocycles. The molecule has 0 saturated heterocycles. The lowest BCUT2D eigenvalue weighted by Crippen LogP contribution is -2.33. The normalized spacial score (nSPS) is 12.3. The summed E-state index contributed by atoms with van der Waals surface area (Å²) in [7, 11) is 0. The van der Waals surface area contributed by atoms with Crippen molar-refractivity contribution >= 4 is 28.4 Å². The fourth-order valence-electron chi connectivity index (χ4n) is 3.25. The quantitative estimate of drug-likeness (QED) is 0.537. The molecule has 1 unspecified atom stereocenters. The average molecular weight is 407 g/mol. The molecule has 7 heteroatoms. The van der Waals surface area contributed by atoms with Crippen LogP contribution in [0.5, 0.6) is 0 Å². The van der Waals surface area contributed by atoms with Crippen molar-refractivity contribution in [1.82, 2.24) is 10.3 Å². The summed E-state index contributed by atoms with van der Waals surface area (Å²) >= 11 is 6.03. The summed E-state index contributed by atoms with van der Waals surface area (Å²) in [6.45, 7) is 1.81. The first-order valence-electron chi connectivity index (χ1n) is 9.04. The lowest BCUT2D eigenvalue weighted by Gasteiger charge is -2.12. The summed E-state index contributed by atoms with van der Waals surface area (Å²) in [6, 6.07) is 8.62. The number of rotatable bonds is 7. The molecule has 2 aromatic carbocycles. The SMILES string of the molecule is CC(CCO)NC(=O)CCc1c(-c2ccc(F)cc2)[nH]c2c(F)cc(Cl)cc12. The predicted molar refractivity (Wildman–Crippen MR) is 106 cm³/mol. The summed E-state index contributed by atoms with van der Waals surface area (Å²) in [5.41, 5.74) is 2.37. The van der Waals surface area contributed by atoms with E-state index in [-0.39, 0.29) is 35.8 Å². The molecule has 4 nitrogen and oxygen atoms in total. The number of aryl methyl sites for hydroxylation is 1. The fraction of sp³-hybridized carbons (Fsp3) is 0.286. The van der Waals surface area contributed by atoms with Gasteiger partial charge in [-0.05, 0) is 67.3 Å². The van der Waals surface area contributed by atoms with E-state index in [1.54, 1.807) is 18.2 Å². The van der Waals surface area contributed by atoms with Gasteiger partial charge in [0.2, 0.25) is 5.91 Å². The Morgan fingerprint density at radius 2 is 1.96 bits per heavy atom. The molecular weight excluding hydrogens is 386 g/mol. The molecule has 1 amide bonds. The second-order valence-corrected chi connectivity index (χ2v) is 7.21. The maximum absolute atomic E-state index is 14.4. The Labute approximate surface area is 166 Å². The minimum Gasteiger partial charge on any atom is -0.396 e. The Hall–Kier alpha value is -2.44. The third-order valence-corrected chi connectivity index (χ3v) is 4.85. The zero-order valence-corrected chi connectivity index (χ0v) is 16.1. The van der Waals surface area contributed by atoms with Gasteiger partial charge in [0.15, 0.2) is 0 Å². The molecule has 0 fully saturated rings. The van der Waals surface area contributed by atoms with Crippen LogP contribution in [0.2, 0.25) is 5.02 Å². The van der Waals surface area contributed by atoms with Gasteiger partial charge in [-0.3, -0.25) is 4.79 Å². The summed E-state index contributed by atoms with van der Waals surface area (Å²) in [5.74, 6) is -1.02. The molecule has 3 rings (SSSR count). The van der Waals surface area contributed by atoms with E-state index in [4.69, 9.17) is 16.7 Å². The van der Waals surface area contributed by atoms with Crippen LogP contribution in [0.15, 0.2) is 36.4 Å². The van der Waals surface area contributed by atoms with E-state index in [9.17, 15) is 13.6 Å². The maximum Gasteiger partial charge on any atom is 0.220 e. The summed E-state index contributed by atoms with van der Waals surface area (Å²) < 4.78 is 27.7. The highest BCUT2D eigenvalue weighted by Gasteiger charge is 2.18. The van der Waals surface area contributed by atoms with E-state index in [2.05, 4.69) is 10.3 Å². The van der Waals surface area contributed by atoms with E-state index in [0.29, 0.717) is 35.0 Å². The highest BCUT2D eigenvalue weighted by atomic mass is 35.5. The van der Waals surface area contributed by atoms with Gasteiger partial charge in [0.25, 0.3) is 0 Å². The van der Waals surface area contributed by atoms with Crippen molar-refractivity contribution in [1.29, 1.82) is 0 Å². The van der Waals surface area contributed by atoms with Gasteiger partial charge in [0.05, 0.1) is 5.52 Å². The number of hydrogen-bond acceptors (Lipinski definition) is 2. The first-order chi connectivity index (χ1) is 13.4. The van der Waals surface area contributed by atoms with Crippen LogP contribution in [0.4, 0.5) is 8.78 Å².